The number of hydrogen-bond acceptors (Lipinski definition) is 6. The first-order chi connectivity index (χ1) is 12.8. The third-order valence-corrected chi connectivity index (χ3v) is 5.95. The molecule has 3 aliphatic rings. The van der Waals surface area contributed by atoms with Crippen molar-refractivity contribution in [3.8, 4) is 0 Å². The fourth-order valence-electron chi connectivity index (χ4n) is 4.55. The Balaban J connectivity index is 1.34. The van der Waals surface area contributed by atoms with Gasteiger partial charge in [0.1, 0.15) is 11.4 Å². The summed E-state index contributed by atoms with van der Waals surface area (Å²) in [7, 11) is 0. The third kappa shape index (κ3) is 4.12. The molecule has 3 fully saturated rings. The summed E-state index contributed by atoms with van der Waals surface area (Å²) in [4.78, 5) is 22.9. The molecule has 4 rings (SSSR count). The minimum absolute atomic E-state index is 0.209. The lowest BCUT2D eigenvalue weighted by atomic mass is 9.87. The van der Waals surface area contributed by atoms with Gasteiger partial charge in [0.05, 0.1) is 5.69 Å². The minimum Gasteiger partial charge on any atom is -0.444 e. The molecule has 1 aliphatic heterocycles. The van der Waals surface area contributed by atoms with Gasteiger partial charge < -0.3 is 20.7 Å². The maximum absolute atomic E-state index is 12.2. The lowest BCUT2D eigenvalue weighted by Gasteiger charge is -2.26. The fraction of sp³-hybridized carbons (Fsp3) is 0.750. The summed E-state index contributed by atoms with van der Waals surface area (Å²) in [6.07, 6.45) is 6.03. The van der Waals surface area contributed by atoms with E-state index in [4.69, 9.17) is 10.5 Å². The number of nitrogen functional groups attached to an aromatic ring is 1. The number of ether oxygens (including phenoxy) is 1. The highest BCUT2D eigenvalue weighted by atomic mass is 16.6. The molecule has 1 amide bonds. The topological polar surface area (TPSA) is 93.4 Å². The number of carbonyl (C=O) groups excluding carboxylic acids is 1. The number of fused-ring (bicyclic) bond motifs is 1. The standard InChI is InChI=1S/C20H31N5O2/c1-20(2,3)27-19(26)25-10-13-14(11-25)17(13)23-16-9-15(22-18(21)24-16)12-7-5-4-6-8-12/h9,12-14,17H,4-8,10-11H2,1-3H3,(H3,21,22,23,24)/t13-,14+,17-. The molecule has 0 radical (unpaired) electrons. The number of piperidine rings is 1. The van der Waals surface area contributed by atoms with E-state index in [0.717, 1.165) is 24.6 Å². The summed E-state index contributed by atoms with van der Waals surface area (Å²) in [6, 6.07) is 2.43. The van der Waals surface area contributed by atoms with Crippen molar-refractivity contribution in [2.75, 3.05) is 24.1 Å². The maximum Gasteiger partial charge on any atom is 0.410 e. The predicted octanol–water partition coefficient (Wildman–Crippen LogP) is 3.38. The molecular weight excluding hydrogens is 342 g/mol. The maximum atomic E-state index is 12.2. The van der Waals surface area contributed by atoms with Crippen LogP contribution < -0.4 is 11.1 Å². The number of nitrogens with one attached hydrogen (secondary N) is 1. The largest absolute Gasteiger partial charge is 0.444 e. The Labute approximate surface area is 161 Å². The Hall–Kier alpha value is -2.05. The number of likely N-dealkylation sites (tertiary alicyclic amines) is 1. The molecule has 3 N–H and O–H groups in total. The highest BCUT2D eigenvalue weighted by Crippen LogP contribution is 2.47. The van der Waals surface area contributed by atoms with Gasteiger partial charge in [0.25, 0.3) is 0 Å². The Kier molecular flexibility index (Phi) is 4.64. The molecule has 1 aromatic heterocycles. The number of nitrogens with two attached hydrogens (primary N) is 1. The van der Waals surface area contributed by atoms with Crippen LogP contribution in [0.25, 0.3) is 0 Å². The molecule has 1 saturated heterocycles. The molecule has 0 bridgehead atoms. The van der Waals surface area contributed by atoms with Crippen LogP contribution in [0.1, 0.15) is 64.5 Å². The van der Waals surface area contributed by atoms with Gasteiger partial charge in [-0.2, -0.15) is 4.98 Å². The molecule has 1 aromatic rings. The van der Waals surface area contributed by atoms with Crippen LogP contribution in [0.5, 0.6) is 0 Å². The van der Waals surface area contributed by atoms with E-state index in [-0.39, 0.29) is 6.09 Å². The lowest BCUT2D eigenvalue weighted by molar-refractivity contribution is 0.0272. The van der Waals surface area contributed by atoms with E-state index in [2.05, 4.69) is 21.4 Å². The molecule has 0 unspecified atom stereocenters. The van der Waals surface area contributed by atoms with Crippen LogP contribution in [0.2, 0.25) is 0 Å². The van der Waals surface area contributed by atoms with E-state index in [1.54, 1.807) is 0 Å². The van der Waals surface area contributed by atoms with Crippen molar-refractivity contribution < 1.29 is 9.53 Å². The highest BCUT2D eigenvalue weighted by molar-refractivity contribution is 5.69. The number of amides is 1. The van der Waals surface area contributed by atoms with Gasteiger partial charge in [0, 0.05) is 43.0 Å². The second-order valence-corrected chi connectivity index (χ2v) is 9.25. The average Bonchev–Trinajstić information content (AvgIpc) is 3.03. The lowest BCUT2D eigenvalue weighted by Crippen LogP contribution is -2.38. The van der Waals surface area contributed by atoms with E-state index in [1.807, 2.05) is 25.7 Å². The van der Waals surface area contributed by atoms with Crippen LogP contribution in [0.4, 0.5) is 16.6 Å². The predicted molar refractivity (Wildman–Crippen MR) is 104 cm³/mol. The first kappa shape index (κ1) is 18.3. The first-order valence-electron chi connectivity index (χ1n) is 10.2. The smallest absolute Gasteiger partial charge is 0.410 e. The Bertz CT molecular complexity index is 699. The molecule has 2 saturated carbocycles. The first-order valence-corrected chi connectivity index (χ1v) is 10.2. The minimum atomic E-state index is -0.449. The molecule has 148 valence electrons. The fourth-order valence-corrected chi connectivity index (χ4v) is 4.55. The summed E-state index contributed by atoms with van der Waals surface area (Å²) in [6.45, 7) is 7.18. The van der Waals surface area contributed by atoms with Gasteiger partial charge in [-0.15, -0.1) is 0 Å². The van der Waals surface area contributed by atoms with Crippen molar-refractivity contribution in [2.45, 2.75) is 70.4 Å². The normalized spacial score (nSPS) is 28.0. The van der Waals surface area contributed by atoms with Gasteiger partial charge in [0.2, 0.25) is 5.95 Å². The summed E-state index contributed by atoms with van der Waals surface area (Å²) >= 11 is 0. The van der Waals surface area contributed by atoms with Crippen molar-refractivity contribution >= 4 is 17.9 Å². The van der Waals surface area contributed by atoms with Crippen LogP contribution in [0, 0.1) is 11.8 Å². The third-order valence-electron chi connectivity index (χ3n) is 5.95. The Morgan fingerprint density at radius 3 is 2.48 bits per heavy atom. The SMILES string of the molecule is CC(C)(C)OC(=O)N1C[C@@H]2[C@H](C1)[C@@H]2Nc1cc(C2CCCCC2)nc(N)n1. The molecule has 3 atom stereocenters. The molecular formula is C20H31N5O2. The van der Waals surface area contributed by atoms with Crippen molar-refractivity contribution in [1.82, 2.24) is 14.9 Å². The molecule has 0 spiro atoms. The van der Waals surface area contributed by atoms with Gasteiger partial charge >= 0.3 is 6.09 Å². The van der Waals surface area contributed by atoms with Gasteiger partial charge in [-0.1, -0.05) is 19.3 Å². The van der Waals surface area contributed by atoms with E-state index in [9.17, 15) is 4.79 Å². The van der Waals surface area contributed by atoms with Gasteiger partial charge in [-0.25, -0.2) is 9.78 Å². The van der Waals surface area contributed by atoms with Crippen LogP contribution >= 0.6 is 0 Å². The average molecular weight is 374 g/mol. The van der Waals surface area contributed by atoms with E-state index >= 15 is 0 Å². The molecule has 0 aromatic carbocycles. The summed E-state index contributed by atoms with van der Waals surface area (Å²) in [5.74, 6) is 2.61. The monoisotopic (exact) mass is 373 g/mol. The van der Waals surface area contributed by atoms with Gasteiger partial charge in [-0.3, -0.25) is 0 Å². The van der Waals surface area contributed by atoms with Gasteiger partial charge in [0.15, 0.2) is 0 Å². The van der Waals surface area contributed by atoms with E-state index in [1.165, 1.54) is 32.1 Å². The van der Waals surface area contributed by atoms with Crippen molar-refractivity contribution in [3.05, 3.63) is 11.8 Å². The zero-order valence-electron chi connectivity index (χ0n) is 16.6. The van der Waals surface area contributed by atoms with Crippen molar-refractivity contribution in [1.29, 1.82) is 0 Å². The second-order valence-electron chi connectivity index (χ2n) is 9.25. The highest BCUT2D eigenvalue weighted by Gasteiger charge is 2.57. The zero-order valence-corrected chi connectivity index (χ0v) is 16.6. The quantitative estimate of drug-likeness (QED) is 0.844. The molecule has 7 nitrogen and oxygen atoms in total. The number of carbonyl (C=O) groups is 1. The number of nitrogens with zero attached hydrogens (tertiary/aromatic N) is 3. The second kappa shape index (κ2) is 6.84. The van der Waals surface area contributed by atoms with E-state index < -0.39 is 5.60 Å². The Morgan fingerprint density at radius 1 is 1.19 bits per heavy atom. The number of hydrogen-bond donors (Lipinski definition) is 2. The number of anilines is 2. The van der Waals surface area contributed by atoms with E-state index in [0.29, 0.717) is 29.7 Å². The summed E-state index contributed by atoms with van der Waals surface area (Å²) in [5.41, 5.74) is 6.59. The Morgan fingerprint density at radius 2 is 1.85 bits per heavy atom. The molecule has 2 heterocycles. The molecule has 27 heavy (non-hydrogen) atoms. The number of rotatable bonds is 3. The van der Waals surface area contributed by atoms with Crippen LogP contribution in [-0.4, -0.2) is 45.7 Å². The molecule has 2 aliphatic carbocycles. The van der Waals surface area contributed by atoms with Crippen molar-refractivity contribution in [2.24, 2.45) is 11.8 Å². The van der Waals surface area contributed by atoms with Crippen LogP contribution in [-0.2, 0) is 4.74 Å². The summed E-state index contributed by atoms with van der Waals surface area (Å²) in [5, 5.41) is 3.54. The molecule has 7 heteroatoms. The zero-order chi connectivity index (χ0) is 19.2. The summed E-state index contributed by atoms with van der Waals surface area (Å²) < 4.78 is 5.47. The van der Waals surface area contributed by atoms with Crippen LogP contribution in [0.3, 0.4) is 0 Å². The van der Waals surface area contributed by atoms with Gasteiger partial charge in [-0.05, 0) is 33.6 Å². The number of aromatic nitrogens is 2. The van der Waals surface area contributed by atoms with Crippen LogP contribution in [0.15, 0.2) is 6.07 Å². The van der Waals surface area contributed by atoms with Crippen molar-refractivity contribution in [3.63, 3.8) is 0 Å².